The largest absolute Gasteiger partial charge is 0.341 e. The first-order valence-corrected chi connectivity index (χ1v) is 10.3. The van der Waals surface area contributed by atoms with Crippen molar-refractivity contribution in [3.63, 3.8) is 0 Å². The molecular weight excluding hydrogens is 394 g/mol. The summed E-state index contributed by atoms with van der Waals surface area (Å²) in [5.41, 5.74) is 2.42. The molecule has 0 aliphatic carbocycles. The topological polar surface area (TPSA) is 106 Å². The lowest BCUT2D eigenvalue weighted by Crippen LogP contribution is -2.44. The number of benzene rings is 1. The van der Waals surface area contributed by atoms with Crippen molar-refractivity contribution in [3.05, 3.63) is 54.7 Å². The van der Waals surface area contributed by atoms with Crippen molar-refractivity contribution in [2.24, 2.45) is 0 Å². The van der Waals surface area contributed by atoms with E-state index >= 15 is 0 Å². The molecule has 0 spiro atoms. The molecule has 31 heavy (non-hydrogen) atoms. The van der Waals surface area contributed by atoms with Crippen molar-refractivity contribution in [3.8, 4) is 22.6 Å². The highest BCUT2D eigenvalue weighted by molar-refractivity contribution is 5.79. The number of amides is 3. The van der Waals surface area contributed by atoms with E-state index in [9.17, 15) is 9.59 Å². The Balaban J connectivity index is 1.65. The Labute approximate surface area is 180 Å². The van der Waals surface area contributed by atoms with Gasteiger partial charge in [0.15, 0.2) is 6.20 Å². The summed E-state index contributed by atoms with van der Waals surface area (Å²) in [7, 11) is 3.21. The fourth-order valence-electron chi connectivity index (χ4n) is 3.88. The van der Waals surface area contributed by atoms with Gasteiger partial charge in [-0.1, -0.05) is 18.2 Å². The van der Waals surface area contributed by atoms with E-state index in [1.54, 1.807) is 36.0 Å². The van der Waals surface area contributed by atoms with Crippen LogP contribution in [0.3, 0.4) is 0 Å². The van der Waals surface area contributed by atoms with Gasteiger partial charge < -0.3 is 15.5 Å². The molecule has 9 heteroatoms. The van der Waals surface area contributed by atoms with Gasteiger partial charge in [0.05, 0.1) is 16.8 Å². The van der Waals surface area contributed by atoms with Crippen molar-refractivity contribution >= 4 is 12.1 Å². The van der Waals surface area contributed by atoms with Gasteiger partial charge in [-0.05, 0) is 30.0 Å². The number of nitrogens with one attached hydrogen (secondary N) is 3. The van der Waals surface area contributed by atoms with Crippen molar-refractivity contribution < 1.29 is 14.6 Å². The van der Waals surface area contributed by atoms with Crippen LogP contribution in [0.15, 0.2) is 48.9 Å². The molecule has 0 bridgehead atoms. The molecule has 3 amide bonds. The van der Waals surface area contributed by atoms with Crippen molar-refractivity contribution in [1.29, 1.82) is 0 Å². The number of nitrogens with zero attached hydrogens (tertiary/aromatic N) is 4. The van der Waals surface area contributed by atoms with Crippen molar-refractivity contribution in [2.45, 2.75) is 18.8 Å². The Hall–Kier alpha value is -3.75. The number of rotatable bonds is 3. The molecule has 1 saturated heterocycles. The van der Waals surface area contributed by atoms with Crippen LogP contribution in [0.4, 0.5) is 9.59 Å². The summed E-state index contributed by atoms with van der Waals surface area (Å²) < 4.78 is 1.54. The van der Waals surface area contributed by atoms with E-state index in [2.05, 4.69) is 20.6 Å². The second-order valence-corrected chi connectivity index (χ2v) is 7.47. The molecule has 1 aromatic carbocycles. The quantitative estimate of drug-likeness (QED) is 0.677. The molecular formula is C22H26N7O2+. The summed E-state index contributed by atoms with van der Waals surface area (Å²) in [5, 5.41) is 5.34. The zero-order valence-corrected chi connectivity index (χ0v) is 17.6. The maximum absolute atomic E-state index is 12.5. The molecule has 4 rings (SSSR count). The average Bonchev–Trinajstić information content (AvgIpc) is 3.29. The zero-order valence-electron chi connectivity index (χ0n) is 17.6. The van der Waals surface area contributed by atoms with Crippen LogP contribution in [-0.2, 0) is 0 Å². The number of aromatic amines is 1. The number of aromatic nitrogens is 4. The normalized spacial score (nSPS) is 16.1. The summed E-state index contributed by atoms with van der Waals surface area (Å²) in [4.78, 5) is 38.9. The third-order valence-electron chi connectivity index (χ3n) is 5.49. The summed E-state index contributed by atoms with van der Waals surface area (Å²) in [6.45, 7) is 1.22. The molecule has 1 aliphatic rings. The summed E-state index contributed by atoms with van der Waals surface area (Å²) >= 11 is 0. The Morgan fingerprint density at radius 2 is 1.87 bits per heavy atom. The maximum Gasteiger partial charge on any atom is 0.327 e. The van der Waals surface area contributed by atoms with E-state index in [0.717, 1.165) is 29.8 Å². The van der Waals surface area contributed by atoms with E-state index < -0.39 is 0 Å². The lowest BCUT2D eigenvalue weighted by atomic mass is 9.97. The van der Waals surface area contributed by atoms with Crippen LogP contribution < -0.4 is 15.6 Å². The van der Waals surface area contributed by atoms with Gasteiger partial charge in [-0.3, -0.25) is 4.57 Å². The molecule has 1 fully saturated rings. The van der Waals surface area contributed by atoms with Gasteiger partial charge >= 0.3 is 17.9 Å². The van der Waals surface area contributed by atoms with Crippen LogP contribution in [0.2, 0.25) is 0 Å². The van der Waals surface area contributed by atoms with E-state index in [0.29, 0.717) is 24.6 Å². The summed E-state index contributed by atoms with van der Waals surface area (Å²) in [6, 6.07) is 9.48. The molecule has 160 valence electrons. The molecule has 3 aromatic rings. The van der Waals surface area contributed by atoms with E-state index in [1.807, 2.05) is 36.5 Å². The van der Waals surface area contributed by atoms with Gasteiger partial charge in [0.1, 0.15) is 12.0 Å². The number of hydrogen-bond donors (Lipinski definition) is 2. The fraction of sp³-hybridized carbons (Fsp3) is 0.318. The molecule has 9 nitrogen and oxygen atoms in total. The number of H-pyrrole nitrogens is 1. The first-order valence-electron chi connectivity index (χ1n) is 10.3. The number of likely N-dealkylation sites (tertiary alicyclic amines) is 1. The Morgan fingerprint density at radius 1 is 1.10 bits per heavy atom. The Bertz CT molecular complexity index is 1060. The van der Waals surface area contributed by atoms with Gasteiger partial charge in [-0.25, -0.2) is 19.6 Å². The smallest absolute Gasteiger partial charge is 0.327 e. The van der Waals surface area contributed by atoms with Crippen LogP contribution in [0.25, 0.3) is 22.6 Å². The van der Waals surface area contributed by atoms with Gasteiger partial charge in [0, 0.05) is 39.3 Å². The Kier molecular flexibility index (Phi) is 5.92. The Morgan fingerprint density at radius 3 is 2.55 bits per heavy atom. The number of carbonyl (C=O) groups is 2. The molecule has 2 aromatic heterocycles. The number of imidazole rings is 1. The first-order chi connectivity index (χ1) is 15.1. The molecule has 3 N–H and O–H groups in total. The fourth-order valence-corrected chi connectivity index (χ4v) is 3.88. The van der Waals surface area contributed by atoms with Crippen molar-refractivity contribution in [1.82, 2.24) is 30.1 Å². The van der Waals surface area contributed by atoms with Crippen LogP contribution in [-0.4, -0.2) is 58.7 Å². The van der Waals surface area contributed by atoms with Crippen molar-refractivity contribution in [2.75, 3.05) is 27.2 Å². The molecule has 0 saturated carbocycles. The molecule has 3 heterocycles. The highest BCUT2D eigenvalue weighted by Crippen LogP contribution is 2.29. The van der Waals surface area contributed by atoms with E-state index in [-0.39, 0.29) is 18.0 Å². The number of piperidine rings is 1. The summed E-state index contributed by atoms with van der Waals surface area (Å²) in [6.07, 6.45) is 7.03. The predicted octanol–water partition coefficient (Wildman–Crippen LogP) is 2.13. The molecule has 1 atom stereocenters. The van der Waals surface area contributed by atoms with Gasteiger partial charge in [0.25, 0.3) is 0 Å². The zero-order chi connectivity index (χ0) is 21.8. The van der Waals surface area contributed by atoms with Crippen LogP contribution in [0.5, 0.6) is 0 Å². The second-order valence-electron chi connectivity index (χ2n) is 7.47. The predicted molar refractivity (Wildman–Crippen MR) is 115 cm³/mol. The highest BCUT2D eigenvalue weighted by Gasteiger charge is 2.29. The lowest BCUT2D eigenvalue weighted by Gasteiger charge is -2.32. The highest BCUT2D eigenvalue weighted by atomic mass is 16.2. The van der Waals surface area contributed by atoms with Crippen LogP contribution in [0, 0.1) is 0 Å². The summed E-state index contributed by atoms with van der Waals surface area (Å²) in [5.74, 6) is 1.37. The number of hydrogen-bond acceptors (Lipinski definition) is 4. The lowest BCUT2D eigenvalue weighted by molar-refractivity contribution is -0.368. The third-order valence-corrected chi connectivity index (χ3v) is 5.49. The minimum Gasteiger partial charge on any atom is -0.341 e. The molecule has 0 radical (unpaired) electrons. The molecule has 1 aliphatic heterocycles. The maximum atomic E-state index is 12.5. The number of urea groups is 1. The van der Waals surface area contributed by atoms with Crippen LogP contribution >= 0.6 is 0 Å². The average molecular weight is 420 g/mol. The minimum atomic E-state index is -0.260. The first kappa shape index (κ1) is 20.5. The van der Waals surface area contributed by atoms with Gasteiger partial charge in [0.2, 0.25) is 0 Å². The van der Waals surface area contributed by atoms with Gasteiger partial charge in [-0.2, -0.15) is 0 Å². The standard InChI is InChI=1S/C22H25N7O2/c1-23-21(30)28-10-6-9-16(13-28)20-27-18(14-29(20)22(31)24-2)17-11-25-19(26-12-17)15-7-4-3-5-8-15/h3-5,7-8,11-12,14,16H,6,9-10,13H2,1-2H3,(H,23,30)(H,24,31)/p+1. The third kappa shape index (κ3) is 4.25. The minimum absolute atomic E-state index is 0.0300. The van der Waals surface area contributed by atoms with E-state index in [1.165, 1.54) is 0 Å². The number of carbonyl (C=O) groups excluding carboxylic acids is 2. The second kappa shape index (κ2) is 8.95. The molecule has 1 unspecified atom stereocenters. The monoisotopic (exact) mass is 420 g/mol. The van der Waals surface area contributed by atoms with E-state index in [4.69, 9.17) is 4.98 Å². The van der Waals surface area contributed by atoms with Crippen LogP contribution in [0.1, 0.15) is 24.6 Å². The SMILES string of the molecule is CNC(=O)N1CCCC(c2nc(-c3cnc(-c4ccccc4)[nH+]c3)cn2C(=O)NC)C1. The van der Waals surface area contributed by atoms with Gasteiger partial charge in [-0.15, -0.1) is 0 Å².